The molecule has 38 heavy (non-hydrogen) atoms. The summed E-state index contributed by atoms with van der Waals surface area (Å²) >= 11 is 6.26. The van der Waals surface area contributed by atoms with E-state index in [0.717, 1.165) is 62.8 Å². The van der Waals surface area contributed by atoms with E-state index < -0.39 is 24.1 Å². The van der Waals surface area contributed by atoms with Crippen LogP contribution in [0.4, 0.5) is 5.69 Å². The predicted molar refractivity (Wildman–Crippen MR) is 135 cm³/mol. The molecule has 12 nitrogen and oxygen atoms in total. The number of carboxylic acid groups (broad SMARTS) is 2. The number of nitrogens with one attached hydrogen (secondary N) is 1. The second-order valence-corrected chi connectivity index (χ2v) is 10.6. The van der Waals surface area contributed by atoms with Crippen molar-refractivity contribution in [2.75, 3.05) is 45.2 Å². The van der Waals surface area contributed by atoms with Gasteiger partial charge < -0.3 is 41.0 Å². The van der Waals surface area contributed by atoms with Crippen LogP contribution in [0.25, 0.3) is 0 Å². The van der Waals surface area contributed by atoms with E-state index in [1.165, 1.54) is 13.1 Å². The molecule has 0 radical (unpaired) electrons. The molecule has 3 fully saturated rings. The van der Waals surface area contributed by atoms with E-state index in [9.17, 15) is 14.4 Å². The lowest BCUT2D eigenvalue weighted by Gasteiger charge is -2.32. The van der Waals surface area contributed by atoms with Crippen molar-refractivity contribution in [2.45, 2.75) is 43.9 Å². The Morgan fingerprint density at radius 2 is 1.68 bits per heavy atom. The average molecular weight is 556 g/mol. The van der Waals surface area contributed by atoms with Crippen LogP contribution < -0.4 is 15.8 Å². The number of carbonyl (C=O) groups is 3. The van der Waals surface area contributed by atoms with Crippen LogP contribution in [0.2, 0.25) is 5.02 Å². The van der Waals surface area contributed by atoms with Gasteiger partial charge in [0.2, 0.25) is 0 Å². The molecule has 5 rings (SSSR count). The highest BCUT2D eigenvalue weighted by Crippen LogP contribution is 2.52. The molecule has 1 aromatic rings. The van der Waals surface area contributed by atoms with Crippen LogP contribution in [0.5, 0.6) is 5.75 Å². The molecule has 1 aromatic carbocycles. The van der Waals surface area contributed by atoms with Gasteiger partial charge in [0.25, 0.3) is 5.91 Å². The zero-order valence-electron chi connectivity index (χ0n) is 20.8. The number of hydrogen-bond donors (Lipinski definition) is 6. The molecular formula is C25H34ClN3O9. The van der Waals surface area contributed by atoms with Crippen LogP contribution >= 0.6 is 11.6 Å². The first-order valence-electron chi connectivity index (χ1n) is 12.8. The van der Waals surface area contributed by atoms with Crippen molar-refractivity contribution >= 4 is 35.1 Å². The van der Waals surface area contributed by atoms with Crippen LogP contribution in [0.15, 0.2) is 6.07 Å². The summed E-state index contributed by atoms with van der Waals surface area (Å²) in [6.45, 7) is 5.47. The Bertz CT molecular complexity index is 1040. The number of carbonyl (C=O) groups excluding carboxylic acids is 1. The number of carboxylic acids is 2. The number of benzene rings is 1. The van der Waals surface area contributed by atoms with Crippen molar-refractivity contribution in [1.29, 1.82) is 0 Å². The van der Waals surface area contributed by atoms with E-state index in [1.807, 2.05) is 0 Å². The third-order valence-corrected chi connectivity index (χ3v) is 8.16. The van der Waals surface area contributed by atoms with Gasteiger partial charge in [-0.2, -0.15) is 0 Å². The minimum Gasteiger partial charge on any atom is -0.492 e. The van der Waals surface area contributed by atoms with Gasteiger partial charge in [-0.15, -0.1) is 0 Å². The van der Waals surface area contributed by atoms with Gasteiger partial charge in [-0.1, -0.05) is 11.6 Å². The Labute approximate surface area is 224 Å². The number of nitrogens with two attached hydrogens (primary N) is 1. The summed E-state index contributed by atoms with van der Waals surface area (Å²) in [7, 11) is 0. The SMILES string of the molecule is Nc1c(Cl)cc(C(=O)NCC2C3CN(C4CCOCC4)CC23)c2c1CCCO2.O=C(O)[C@H](O)[C@@H](O)C(=O)O. The van der Waals surface area contributed by atoms with Crippen LogP contribution in [0.1, 0.15) is 35.2 Å². The van der Waals surface area contributed by atoms with Crippen molar-refractivity contribution in [3.05, 3.63) is 22.2 Å². The number of aliphatic hydroxyl groups is 2. The fourth-order valence-corrected chi connectivity index (χ4v) is 5.84. The molecule has 1 aliphatic carbocycles. The molecule has 2 saturated heterocycles. The third-order valence-electron chi connectivity index (χ3n) is 7.84. The molecule has 3 aliphatic heterocycles. The van der Waals surface area contributed by atoms with Gasteiger partial charge >= 0.3 is 11.9 Å². The van der Waals surface area contributed by atoms with Gasteiger partial charge in [0, 0.05) is 44.5 Å². The lowest BCUT2D eigenvalue weighted by atomic mass is 9.99. The number of ether oxygens (including phenoxy) is 2. The average Bonchev–Trinajstić information content (AvgIpc) is 3.36. The Morgan fingerprint density at radius 3 is 2.26 bits per heavy atom. The molecule has 4 atom stereocenters. The standard InChI is InChI=1S/C21H28ClN3O3.C4H6O6/c22-18-8-14(20-13(19(18)23)2-1-5-28-20)21(26)24-9-15-16-10-25(11-17(15)16)12-3-6-27-7-4-12;5-1(3(7)8)2(6)4(9)10/h8,12,15-17H,1-7,9-11,23H2,(H,24,26);1-2,5-6H,(H,7,8)(H,9,10)/t;1-,2-/m.1/s1. The minimum atomic E-state index is -2.27. The predicted octanol–water partition coefficient (Wildman–Crippen LogP) is 0.211. The number of hydrogen-bond acceptors (Lipinski definition) is 9. The fourth-order valence-electron chi connectivity index (χ4n) is 5.61. The number of aliphatic hydroxyl groups excluding tert-OH is 2. The summed E-state index contributed by atoms with van der Waals surface area (Å²) in [5.74, 6) is -0.976. The Hall–Kier alpha value is -2.64. The molecule has 0 aromatic heterocycles. The Morgan fingerprint density at radius 1 is 1.08 bits per heavy atom. The van der Waals surface area contributed by atoms with Gasteiger partial charge in [0.1, 0.15) is 5.75 Å². The smallest absolute Gasteiger partial charge is 0.335 e. The number of amides is 1. The molecule has 7 N–H and O–H groups in total. The topological polar surface area (TPSA) is 192 Å². The molecule has 0 spiro atoms. The number of aliphatic carboxylic acids is 2. The van der Waals surface area contributed by atoms with Crippen LogP contribution in [-0.2, 0) is 20.7 Å². The van der Waals surface area contributed by atoms with Gasteiger partial charge in [-0.05, 0) is 49.5 Å². The summed E-state index contributed by atoms with van der Waals surface area (Å²) in [5, 5.41) is 36.1. The molecule has 3 heterocycles. The minimum absolute atomic E-state index is 0.105. The zero-order valence-corrected chi connectivity index (χ0v) is 21.6. The zero-order chi connectivity index (χ0) is 27.6. The number of likely N-dealkylation sites (tertiary alicyclic amines) is 1. The van der Waals surface area contributed by atoms with Gasteiger partial charge in [-0.25, -0.2) is 9.59 Å². The van der Waals surface area contributed by atoms with E-state index in [-0.39, 0.29) is 5.91 Å². The number of fused-ring (bicyclic) bond motifs is 2. The molecule has 2 unspecified atom stereocenters. The highest BCUT2D eigenvalue weighted by molar-refractivity contribution is 6.33. The number of rotatable bonds is 7. The lowest BCUT2D eigenvalue weighted by Crippen LogP contribution is -2.40. The lowest BCUT2D eigenvalue weighted by molar-refractivity contribution is -0.165. The fraction of sp³-hybridized carbons (Fsp3) is 0.640. The van der Waals surface area contributed by atoms with E-state index in [0.29, 0.717) is 40.6 Å². The summed E-state index contributed by atoms with van der Waals surface area (Å²) in [5.41, 5.74) is 8.02. The van der Waals surface area contributed by atoms with Gasteiger partial charge in [0.15, 0.2) is 12.2 Å². The summed E-state index contributed by atoms with van der Waals surface area (Å²) < 4.78 is 11.3. The molecule has 4 aliphatic rings. The third kappa shape index (κ3) is 6.15. The summed E-state index contributed by atoms with van der Waals surface area (Å²) in [4.78, 5) is 35.0. The van der Waals surface area contributed by atoms with E-state index in [2.05, 4.69) is 10.2 Å². The first kappa shape index (κ1) is 28.4. The molecule has 13 heteroatoms. The maximum absolute atomic E-state index is 12.8. The summed E-state index contributed by atoms with van der Waals surface area (Å²) in [6, 6.07) is 2.34. The second kappa shape index (κ2) is 12.0. The van der Waals surface area contributed by atoms with Crippen molar-refractivity contribution < 1.29 is 44.3 Å². The Kier molecular flexibility index (Phi) is 8.99. The van der Waals surface area contributed by atoms with Gasteiger partial charge in [-0.3, -0.25) is 9.69 Å². The molecule has 1 amide bonds. The molecular weight excluding hydrogens is 522 g/mol. The maximum Gasteiger partial charge on any atom is 0.335 e. The number of halogens is 1. The highest BCUT2D eigenvalue weighted by Gasteiger charge is 2.56. The number of nitrogens with zero attached hydrogens (tertiary/aromatic N) is 1. The molecule has 0 bridgehead atoms. The normalized spacial score (nSPS) is 26.0. The van der Waals surface area contributed by atoms with Crippen molar-refractivity contribution in [3.8, 4) is 5.75 Å². The van der Waals surface area contributed by atoms with E-state index in [1.54, 1.807) is 6.07 Å². The van der Waals surface area contributed by atoms with Crippen LogP contribution in [0.3, 0.4) is 0 Å². The first-order valence-corrected chi connectivity index (χ1v) is 13.1. The van der Waals surface area contributed by atoms with Crippen LogP contribution in [0, 0.1) is 17.8 Å². The van der Waals surface area contributed by atoms with Crippen molar-refractivity contribution in [2.24, 2.45) is 17.8 Å². The monoisotopic (exact) mass is 555 g/mol. The van der Waals surface area contributed by atoms with Gasteiger partial charge in [0.05, 0.1) is 22.9 Å². The van der Waals surface area contributed by atoms with Crippen molar-refractivity contribution in [3.63, 3.8) is 0 Å². The number of piperidine rings is 1. The number of nitrogen functional groups attached to an aromatic ring is 1. The number of anilines is 1. The quantitative estimate of drug-likeness (QED) is 0.252. The summed E-state index contributed by atoms with van der Waals surface area (Å²) in [6.07, 6.45) is -0.520. The molecule has 1 saturated carbocycles. The van der Waals surface area contributed by atoms with Crippen LogP contribution in [-0.4, -0.2) is 101 Å². The second-order valence-electron chi connectivity index (χ2n) is 10.1. The Balaban J connectivity index is 0.000000289. The molecule has 210 valence electrons. The first-order chi connectivity index (χ1) is 18.1. The largest absolute Gasteiger partial charge is 0.492 e. The highest BCUT2D eigenvalue weighted by atomic mass is 35.5. The van der Waals surface area contributed by atoms with Crippen molar-refractivity contribution in [1.82, 2.24) is 10.2 Å². The van der Waals surface area contributed by atoms with E-state index in [4.69, 9.17) is 47.2 Å². The maximum atomic E-state index is 12.8. The van der Waals surface area contributed by atoms with E-state index >= 15 is 0 Å².